The normalized spacial score (nSPS) is 19.0. The Kier molecular flexibility index (Phi) is 3.67. The highest BCUT2D eigenvalue weighted by Crippen LogP contribution is 2.44. The number of halogens is 2. The highest BCUT2D eigenvalue weighted by molar-refractivity contribution is 6.30. The van der Waals surface area contributed by atoms with Gasteiger partial charge in [-0.2, -0.15) is 0 Å². The van der Waals surface area contributed by atoms with E-state index in [0.29, 0.717) is 11.0 Å². The monoisotopic (exact) mass is 237 g/mol. The van der Waals surface area contributed by atoms with Crippen molar-refractivity contribution < 1.29 is 9.53 Å². The van der Waals surface area contributed by atoms with Crippen molar-refractivity contribution in [1.82, 2.24) is 4.90 Å². The van der Waals surface area contributed by atoms with Gasteiger partial charge in [-0.25, -0.2) is 4.79 Å². The van der Waals surface area contributed by atoms with Crippen LogP contribution < -0.4 is 0 Å². The number of likely N-dealkylation sites (N-methyl/N-ethyl adjacent to an activating group) is 1. The van der Waals surface area contributed by atoms with Gasteiger partial charge in [-0.15, -0.1) is 11.6 Å². The summed E-state index contributed by atoms with van der Waals surface area (Å²) in [5.41, 5.74) is -0.547. The molecule has 0 N–H and O–H groups in total. The van der Waals surface area contributed by atoms with E-state index in [0.717, 1.165) is 12.8 Å². The molecule has 1 saturated carbocycles. The Labute approximate surface area is 93.6 Å². The molecule has 0 amide bonds. The van der Waals surface area contributed by atoms with Crippen molar-refractivity contribution in [3.63, 3.8) is 0 Å². The fourth-order valence-electron chi connectivity index (χ4n) is 1.39. The van der Waals surface area contributed by atoms with E-state index >= 15 is 0 Å². The maximum Gasteiger partial charge on any atom is 0.331 e. The number of carbonyl (C=O) groups excluding carboxylic acids is 1. The Morgan fingerprint density at radius 3 is 2.57 bits per heavy atom. The molecular weight excluding hydrogens is 225 g/mol. The van der Waals surface area contributed by atoms with Gasteiger partial charge < -0.3 is 9.64 Å². The van der Waals surface area contributed by atoms with E-state index in [1.165, 1.54) is 7.11 Å². The molecule has 0 aliphatic heterocycles. The van der Waals surface area contributed by atoms with E-state index in [-0.39, 0.29) is 5.97 Å². The maximum atomic E-state index is 11.5. The van der Waals surface area contributed by atoms with Crippen LogP contribution >= 0.6 is 23.2 Å². The van der Waals surface area contributed by atoms with Gasteiger partial charge in [0.05, 0.1) is 7.11 Å². The van der Waals surface area contributed by atoms with E-state index in [2.05, 4.69) is 0 Å². The molecule has 1 rings (SSSR count). The first-order chi connectivity index (χ1) is 6.58. The third-order valence-electron chi connectivity index (χ3n) is 2.50. The van der Waals surface area contributed by atoms with Gasteiger partial charge in [0.15, 0.2) is 0 Å². The number of allylic oxidation sites excluding steroid dienone is 1. The predicted molar refractivity (Wildman–Crippen MR) is 56.4 cm³/mol. The van der Waals surface area contributed by atoms with E-state index in [1.54, 1.807) is 18.0 Å². The average molecular weight is 238 g/mol. The molecule has 3 nitrogen and oxygen atoms in total. The fourth-order valence-corrected chi connectivity index (χ4v) is 1.85. The Balaban J connectivity index is 2.74. The third kappa shape index (κ3) is 1.98. The van der Waals surface area contributed by atoms with Crippen molar-refractivity contribution in [2.75, 3.05) is 20.0 Å². The van der Waals surface area contributed by atoms with Crippen LogP contribution in [0.15, 0.2) is 11.2 Å². The first-order valence-corrected chi connectivity index (χ1v) is 5.23. The van der Waals surface area contributed by atoms with Gasteiger partial charge in [0.2, 0.25) is 0 Å². The summed E-state index contributed by atoms with van der Waals surface area (Å²) >= 11 is 11.5. The van der Waals surface area contributed by atoms with Crippen molar-refractivity contribution >= 4 is 29.2 Å². The maximum absolute atomic E-state index is 11.5. The lowest BCUT2D eigenvalue weighted by atomic mass is 10.2. The van der Waals surface area contributed by atoms with E-state index in [9.17, 15) is 4.79 Å². The number of esters is 1. The van der Waals surface area contributed by atoms with Crippen LogP contribution in [0.3, 0.4) is 0 Å². The summed E-state index contributed by atoms with van der Waals surface area (Å²) in [4.78, 5) is 13.2. The van der Waals surface area contributed by atoms with E-state index in [1.807, 2.05) is 0 Å². The van der Waals surface area contributed by atoms with Crippen LogP contribution in [0.5, 0.6) is 0 Å². The molecule has 14 heavy (non-hydrogen) atoms. The van der Waals surface area contributed by atoms with Crippen LogP contribution in [-0.4, -0.2) is 36.4 Å². The van der Waals surface area contributed by atoms with Gasteiger partial charge in [-0.05, 0) is 18.9 Å². The van der Waals surface area contributed by atoms with Crippen molar-refractivity contribution in [2.24, 2.45) is 0 Å². The number of hydrogen-bond acceptors (Lipinski definition) is 3. The lowest BCUT2D eigenvalue weighted by Gasteiger charge is -2.26. The molecular formula is C9H13Cl2NO2. The molecule has 5 heteroatoms. The standard InChI is InChI=1S/C9H13Cl2NO2/c1-12(7(11)3-6-10)9(4-5-9)8(13)14-2/h3H,4-6H2,1-2H3/b7-3-. The van der Waals surface area contributed by atoms with Crippen LogP contribution in [0.2, 0.25) is 0 Å². The van der Waals surface area contributed by atoms with Gasteiger partial charge in [-0.3, -0.25) is 0 Å². The second-order valence-corrected chi connectivity index (χ2v) is 3.96. The topological polar surface area (TPSA) is 29.5 Å². The summed E-state index contributed by atoms with van der Waals surface area (Å²) in [5, 5.41) is 0.489. The van der Waals surface area contributed by atoms with Crippen molar-refractivity contribution in [2.45, 2.75) is 18.4 Å². The first-order valence-electron chi connectivity index (χ1n) is 4.32. The summed E-state index contributed by atoms with van der Waals surface area (Å²) in [6, 6.07) is 0. The van der Waals surface area contributed by atoms with Crippen LogP contribution in [0.1, 0.15) is 12.8 Å². The Bertz CT molecular complexity index is 262. The van der Waals surface area contributed by atoms with Crippen LogP contribution in [-0.2, 0) is 9.53 Å². The molecule has 0 radical (unpaired) electrons. The largest absolute Gasteiger partial charge is 0.467 e. The van der Waals surface area contributed by atoms with Gasteiger partial charge in [-0.1, -0.05) is 11.6 Å². The van der Waals surface area contributed by atoms with Gasteiger partial charge >= 0.3 is 5.97 Å². The Hall–Kier alpha value is -0.410. The third-order valence-corrected chi connectivity index (χ3v) is 3.06. The molecule has 1 fully saturated rings. The Morgan fingerprint density at radius 2 is 2.21 bits per heavy atom. The summed E-state index contributed by atoms with van der Waals surface area (Å²) in [6.07, 6.45) is 3.22. The number of rotatable bonds is 4. The number of ether oxygens (including phenoxy) is 1. The number of hydrogen-bond donors (Lipinski definition) is 0. The van der Waals surface area contributed by atoms with Gasteiger partial charge in [0, 0.05) is 12.9 Å². The van der Waals surface area contributed by atoms with Crippen molar-refractivity contribution in [3.05, 3.63) is 11.2 Å². The molecule has 1 aliphatic rings. The molecule has 0 aromatic heterocycles. The zero-order valence-electron chi connectivity index (χ0n) is 8.22. The van der Waals surface area contributed by atoms with Crippen molar-refractivity contribution in [3.8, 4) is 0 Å². The summed E-state index contributed by atoms with van der Waals surface area (Å²) in [7, 11) is 3.16. The number of carbonyl (C=O) groups is 1. The molecule has 0 spiro atoms. The summed E-state index contributed by atoms with van der Waals surface area (Å²) in [6.45, 7) is 0. The minimum atomic E-state index is -0.547. The molecule has 0 aromatic rings. The number of methoxy groups -OCH3 is 1. The molecule has 0 atom stereocenters. The second kappa shape index (κ2) is 4.41. The minimum Gasteiger partial charge on any atom is -0.467 e. The van der Waals surface area contributed by atoms with Crippen molar-refractivity contribution in [1.29, 1.82) is 0 Å². The van der Waals surface area contributed by atoms with Crippen LogP contribution in [0, 0.1) is 0 Å². The molecule has 0 heterocycles. The fraction of sp³-hybridized carbons (Fsp3) is 0.667. The molecule has 0 aromatic carbocycles. The quantitative estimate of drug-likeness (QED) is 0.426. The van der Waals surface area contributed by atoms with E-state index < -0.39 is 5.54 Å². The average Bonchev–Trinajstić information content (AvgIpc) is 2.97. The highest BCUT2D eigenvalue weighted by atomic mass is 35.5. The predicted octanol–water partition coefficient (Wildman–Crippen LogP) is 1.94. The summed E-state index contributed by atoms with van der Waals surface area (Å²) < 4.78 is 4.73. The lowest BCUT2D eigenvalue weighted by molar-refractivity contribution is -0.147. The molecule has 80 valence electrons. The zero-order valence-corrected chi connectivity index (χ0v) is 9.73. The number of nitrogens with zero attached hydrogens (tertiary/aromatic N) is 1. The lowest BCUT2D eigenvalue weighted by Crippen LogP contribution is -2.40. The smallest absolute Gasteiger partial charge is 0.331 e. The Morgan fingerprint density at radius 1 is 1.64 bits per heavy atom. The van der Waals surface area contributed by atoms with Gasteiger partial charge in [0.25, 0.3) is 0 Å². The zero-order chi connectivity index (χ0) is 10.8. The molecule has 1 aliphatic carbocycles. The molecule has 0 unspecified atom stereocenters. The van der Waals surface area contributed by atoms with Crippen LogP contribution in [0.25, 0.3) is 0 Å². The highest BCUT2D eigenvalue weighted by Gasteiger charge is 2.55. The SMILES string of the molecule is COC(=O)C1(N(C)/C(Cl)=C\CCl)CC1. The molecule has 0 bridgehead atoms. The summed E-state index contributed by atoms with van der Waals surface area (Å²) in [5.74, 6) is 0.0987. The number of alkyl halides is 1. The molecule has 0 saturated heterocycles. The second-order valence-electron chi connectivity index (χ2n) is 3.26. The van der Waals surface area contributed by atoms with Gasteiger partial charge in [0.1, 0.15) is 10.7 Å². The van der Waals surface area contributed by atoms with Crippen LogP contribution in [0.4, 0.5) is 0 Å². The first kappa shape index (κ1) is 11.7. The van der Waals surface area contributed by atoms with E-state index in [4.69, 9.17) is 27.9 Å². The minimum absolute atomic E-state index is 0.235.